The summed E-state index contributed by atoms with van der Waals surface area (Å²) in [5, 5.41) is 3.11. The molecular formula is C22H26N4O2. The Morgan fingerprint density at radius 1 is 1.25 bits per heavy atom. The molecule has 146 valence electrons. The molecule has 2 fully saturated rings. The second-order valence-electron chi connectivity index (χ2n) is 8.11. The molecule has 0 aromatic carbocycles. The van der Waals surface area contributed by atoms with Gasteiger partial charge in [0.15, 0.2) is 0 Å². The topological polar surface area (TPSA) is 75.2 Å². The van der Waals surface area contributed by atoms with E-state index < -0.39 is 0 Å². The van der Waals surface area contributed by atoms with Crippen molar-refractivity contribution in [1.29, 1.82) is 0 Å². The maximum absolute atomic E-state index is 13.3. The molecule has 3 heterocycles. The fourth-order valence-electron chi connectivity index (χ4n) is 4.54. The minimum atomic E-state index is -0.387. The smallest absolute Gasteiger partial charge is 0.270 e. The van der Waals surface area contributed by atoms with E-state index in [-0.39, 0.29) is 23.3 Å². The van der Waals surface area contributed by atoms with Gasteiger partial charge in [0, 0.05) is 24.5 Å². The van der Waals surface area contributed by atoms with Gasteiger partial charge in [0.25, 0.3) is 5.91 Å². The number of rotatable bonds is 3. The molecule has 1 aliphatic carbocycles. The Kier molecular flexibility index (Phi) is 4.87. The second kappa shape index (κ2) is 7.34. The van der Waals surface area contributed by atoms with E-state index in [1.165, 1.54) is 0 Å². The number of nitrogens with zero attached hydrogens (tertiary/aromatic N) is 3. The van der Waals surface area contributed by atoms with E-state index in [4.69, 9.17) is 0 Å². The van der Waals surface area contributed by atoms with Crippen LogP contribution in [0.1, 0.15) is 53.8 Å². The van der Waals surface area contributed by atoms with Gasteiger partial charge in [-0.05, 0) is 69.4 Å². The van der Waals surface area contributed by atoms with Crippen LogP contribution in [0.25, 0.3) is 0 Å². The van der Waals surface area contributed by atoms with E-state index in [1.807, 2.05) is 43.0 Å². The third-order valence-corrected chi connectivity index (χ3v) is 5.99. The van der Waals surface area contributed by atoms with Crippen molar-refractivity contribution >= 4 is 17.6 Å². The lowest BCUT2D eigenvalue weighted by atomic mass is 9.71. The average molecular weight is 378 g/mol. The van der Waals surface area contributed by atoms with E-state index in [1.54, 1.807) is 12.3 Å². The molecule has 1 saturated carbocycles. The van der Waals surface area contributed by atoms with Crippen molar-refractivity contribution in [3.63, 3.8) is 0 Å². The quantitative estimate of drug-likeness (QED) is 0.890. The summed E-state index contributed by atoms with van der Waals surface area (Å²) < 4.78 is 0. The Morgan fingerprint density at radius 3 is 2.89 bits per heavy atom. The van der Waals surface area contributed by atoms with E-state index >= 15 is 0 Å². The Balaban J connectivity index is 1.47. The standard InChI is InChI=1S/C22H26N4O2/c1-15-8-11-23-19(13-15)26-12-10-22(21(26)28)9-4-6-17(14-22)25-20(27)18-7-3-5-16(2)24-18/h3,5,7-8,11,13,17H,4,6,9-10,12,14H2,1-2H3,(H,25,27)/t17-,22-/m0/s1. The Morgan fingerprint density at radius 2 is 2.11 bits per heavy atom. The Bertz CT molecular complexity index is 913. The Labute approximate surface area is 165 Å². The number of carbonyl (C=O) groups is 2. The lowest BCUT2D eigenvalue weighted by molar-refractivity contribution is -0.127. The van der Waals surface area contributed by atoms with Crippen molar-refractivity contribution in [3.05, 3.63) is 53.5 Å². The SMILES string of the molecule is Cc1ccnc(N2CC[C@]3(CCC[C@H](NC(=O)c4cccc(C)n4)C3)C2=O)c1. The van der Waals surface area contributed by atoms with Gasteiger partial charge in [-0.3, -0.25) is 14.5 Å². The molecule has 2 aromatic rings. The molecule has 6 heteroatoms. The monoisotopic (exact) mass is 378 g/mol. The number of carbonyl (C=O) groups excluding carboxylic acids is 2. The van der Waals surface area contributed by atoms with E-state index in [0.717, 1.165) is 42.8 Å². The van der Waals surface area contributed by atoms with E-state index in [0.29, 0.717) is 18.7 Å². The third-order valence-electron chi connectivity index (χ3n) is 5.99. The van der Waals surface area contributed by atoms with Gasteiger partial charge in [-0.25, -0.2) is 9.97 Å². The highest BCUT2D eigenvalue weighted by molar-refractivity contribution is 5.99. The third kappa shape index (κ3) is 3.51. The summed E-state index contributed by atoms with van der Waals surface area (Å²) in [5.41, 5.74) is 1.96. The molecule has 0 unspecified atom stereocenters. The van der Waals surface area contributed by atoms with Crippen LogP contribution < -0.4 is 10.2 Å². The maximum atomic E-state index is 13.3. The molecule has 2 atom stereocenters. The van der Waals surface area contributed by atoms with Crippen LogP contribution in [0.2, 0.25) is 0 Å². The summed E-state index contributed by atoms with van der Waals surface area (Å²) >= 11 is 0. The summed E-state index contributed by atoms with van der Waals surface area (Å²) in [6, 6.07) is 9.34. The molecule has 1 saturated heterocycles. The lowest BCUT2D eigenvalue weighted by Gasteiger charge is -2.36. The molecule has 6 nitrogen and oxygen atoms in total. The lowest BCUT2D eigenvalue weighted by Crippen LogP contribution is -2.46. The van der Waals surface area contributed by atoms with Gasteiger partial charge in [0.05, 0.1) is 5.41 Å². The van der Waals surface area contributed by atoms with Crippen LogP contribution in [0, 0.1) is 19.3 Å². The molecule has 4 rings (SSSR count). The molecule has 1 aliphatic heterocycles. The molecule has 2 aliphatic rings. The van der Waals surface area contributed by atoms with Crippen molar-refractivity contribution in [2.45, 2.75) is 52.0 Å². The van der Waals surface area contributed by atoms with Crippen LogP contribution in [0.4, 0.5) is 5.82 Å². The molecule has 28 heavy (non-hydrogen) atoms. The van der Waals surface area contributed by atoms with Crippen molar-refractivity contribution in [2.75, 3.05) is 11.4 Å². The van der Waals surface area contributed by atoms with E-state index in [9.17, 15) is 9.59 Å². The molecule has 0 bridgehead atoms. The minimum Gasteiger partial charge on any atom is -0.348 e. The van der Waals surface area contributed by atoms with Gasteiger partial charge in [-0.2, -0.15) is 0 Å². The van der Waals surface area contributed by atoms with Gasteiger partial charge in [-0.1, -0.05) is 12.5 Å². The van der Waals surface area contributed by atoms with Crippen LogP contribution in [0.5, 0.6) is 0 Å². The Hall–Kier alpha value is -2.76. The van der Waals surface area contributed by atoms with Crippen molar-refractivity contribution < 1.29 is 9.59 Å². The fraction of sp³-hybridized carbons (Fsp3) is 0.455. The van der Waals surface area contributed by atoms with Crippen LogP contribution in [-0.4, -0.2) is 34.4 Å². The van der Waals surface area contributed by atoms with Gasteiger partial charge >= 0.3 is 0 Å². The largest absolute Gasteiger partial charge is 0.348 e. The van der Waals surface area contributed by atoms with Crippen molar-refractivity contribution in [3.8, 4) is 0 Å². The molecular weight excluding hydrogens is 352 g/mol. The predicted octanol–water partition coefficient (Wildman–Crippen LogP) is 3.19. The zero-order chi connectivity index (χ0) is 19.7. The number of aromatic nitrogens is 2. The number of anilines is 1. The normalized spacial score (nSPS) is 24.6. The summed E-state index contributed by atoms with van der Waals surface area (Å²) in [4.78, 5) is 36.4. The maximum Gasteiger partial charge on any atom is 0.270 e. The van der Waals surface area contributed by atoms with Crippen molar-refractivity contribution in [1.82, 2.24) is 15.3 Å². The minimum absolute atomic E-state index is 0.00192. The van der Waals surface area contributed by atoms with E-state index in [2.05, 4.69) is 15.3 Å². The number of hydrogen-bond acceptors (Lipinski definition) is 4. The van der Waals surface area contributed by atoms with Crippen LogP contribution in [0.3, 0.4) is 0 Å². The van der Waals surface area contributed by atoms with Gasteiger partial charge in [-0.15, -0.1) is 0 Å². The first-order valence-corrected chi connectivity index (χ1v) is 9.96. The van der Waals surface area contributed by atoms with Crippen LogP contribution in [0.15, 0.2) is 36.5 Å². The van der Waals surface area contributed by atoms with Gasteiger partial charge in [0.1, 0.15) is 11.5 Å². The summed E-state index contributed by atoms with van der Waals surface area (Å²) in [6.07, 6.45) is 5.97. The molecule has 0 radical (unpaired) electrons. The van der Waals surface area contributed by atoms with Gasteiger partial charge < -0.3 is 5.32 Å². The number of aryl methyl sites for hydroxylation is 2. The summed E-state index contributed by atoms with van der Waals surface area (Å²) in [7, 11) is 0. The number of pyridine rings is 2. The predicted molar refractivity (Wildman–Crippen MR) is 107 cm³/mol. The molecule has 1 spiro atoms. The summed E-state index contributed by atoms with van der Waals surface area (Å²) in [6.45, 7) is 4.57. The second-order valence-corrected chi connectivity index (χ2v) is 8.11. The fourth-order valence-corrected chi connectivity index (χ4v) is 4.54. The first-order valence-electron chi connectivity index (χ1n) is 9.96. The first kappa shape index (κ1) is 18.6. The number of amides is 2. The highest BCUT2D eigenvalue weighted by atomic mass is 16.2. The number of hydrogen-bond donors (Lipinski definition) is 1. The molecule has 2 aromatic heterocycles. The highest BCUT2D eigenvalue weighted by Crippen LogP contribution is 2.45. The number of nitrogens with one attached hydrogen (secondary N) is 1. The summed E-state index contributed by atoms with van der Waals surface area (Å²) in [5.74, 6) is 0.726. The van der Waals surface area contributed by atoms with Crippen LogP contribution in [-0.2, 0) is 4.79 Å². The van der Waals surface area contributed by atoms with Gasteiger partial charge in [0.2, 0.25) is 5.91 Å². The highest BCUT2D eigenvalue weighted by Gasteiger charge is 2.50. The average Bonchev–Trinajstić information content (AvgIpc) is 2.97. The van der Waals surface area contributed by atoms with Crippen LogP contribution >= 0.6 is 0 Å². The molecule has 2 amide bonds. The first-order chi connectivity index (χ1) is 13.5. The zero-order valence-electron chi connectivity index (χ0n) is 16.4. The zero-order valence-corrected chi connectivity index (χ0v) is 16.4. The molecule has 1 N–H and O–H groups in total. The van der Waals surface area contributed by atoms with Crippen molar-refractivity contribution in [2.24, 2.45) is 5.41 Å².